The topological polar surface area (TPSA) is 41.0 Å². The number of rotatable bonds is 2. The van der Waals surface area contributed by atoms with Gasteiger partial charge in [-0.3, -0.25) is 4.90 Å². The highest BCUT2D eigenvalue weighted by atomic mass is 32.2. The molecule has 1 aliphatic carbocycles. The van der Waals surface area contributed by atoms with Crippen molar-refractivity contribution in [1.82, 2.24) is 14.9 Å². The molecule has 1 saturated heterocycles. The van der Waals surface area contributed by atoms with Gasteiger partial charge < -0.3 is 5.32 Å². The van der Waals surface area contributed by atoms with E-state index in [0.717, 1.165) is 23.3 Å². The van der Waals surface area contributed by atoms with E-state index in [-0.39, 0.29) is 0 Å². The Hall–Kier alpha value is -1.59. The smallest absolute Gasteiger partial charge is 0.163 e. The summed E-state index contributed by atoms with van der Waals surface area (Å²) in [5.74, 6) is 1.78. The minimum absolute atomic E-state index is 0.540. The summed E-state index contributed by atoms with van der Waals surface area (Å²) in [7, 11) is 0. The van der Waals surface area contributed by atoms with E-state index in [1.54, 1.807) is 24.2 Å². The number of nitrogens with one attached hydrogen (secondary N) is 1. The molecular formula is C20H24N4S. The molecule has 2 aromatic rings. The summed E-state index contributed by atoms with van der Waals surface area (Å²) in [6.45, 7) is 6.06. The Labute approximate surface area is 153 Å². The Balaban J connectivity index is 1.35. The summed E-state index contributed by atoms with van der Waals surface area (Å²) in [4.78, 5) is 12.7. The highest BCUT2D eigenvalue weighted by Crippen LogP contribution is 2.45. The Morgan fingerprint density at radius 1 is 1.32 bits per heavy atom. The second kappa shape index (κ2) is 5.99. The van der Waals surface area contributed by atoms with Gasteiger partial charge in [0.05, 0.1) is 5.69 Å². The molecule has 1 aromatic heterocycles. The molecule has 2 fully saturated rings. The number of hydrogen-bond acceptors (Lipinski definition) is 5. The minimum atomic E-state index is 0.540. The van der Waals surface area contributed by atoms with Crippen molar-refractivity contribution in [2.45, 2.75) is 49.1 Å². The van der Waals surface area contributed by atoms with Gasteiger partial charge in [0, 0.05) is 36.9 Å². The van der Waals surface area contributed by atoms with Crippen molar-refractivity contribution in [2.24, 2.45) is 11.3 Å². The first kappa shape index (κ1) is 15.6. The largest absolute Gasteiger partial charge is 0.337 e. The zero-order chi connectivity index (χ0) is 16.9. The summed E-state index contributed by atoms with van der Waals surface area (Å²) >= 11 is 1.70. The molecular weight excluding hydrogens is 328 g/mol. The molecule has 0 spiro atoms. The standard InChI is InChI=1S/C20H24N4S/c1-20-6-2-3-15(10-20)12-24(13-20)11-14-4-5-17-16(9-14)23-18-19(25-17)22-8-7-21-18/h4-5,7-9,15H,2-3,6,10-13H2,1H3,(H,21,23). The molecule has 25 heavy (non-hydrogen) atoms. The molecule has 2 atom stereocenters. The maximum absolute atomic E-state index is 4.41. The van der Waals surface area contributed by atoms with Gasteiger partial charge in [0.25, 0.3) is 0 Å². The molecule has 0 amide bonds. The van der Waals surface area contributed by atoms with Gasteiger partial charge in [0.15, 0.2) is 5.82 Å². The second-order valence-corrected chi connectivity index (χ2v) is 9.24. The van der Waals surface area contributed by atoms with Crippen LogP contribution >= 0.6 is 11.8 Å². The molecule has 1 aromatic carbocycles. The molecule has 3 aliphatic rings. The van der Waals surface area contributed by atoms with Crippen LogP contribution in [0.5, 0.6) is 0 Å². The number of anilines is 2. The fourth-order valence-electron chi connectivity index (χ4n) is 4.95. The van der Waals surface area contributed by atoms with E-state index in [0.29, 0.717) is 5.41 Å². The van der Waals surface area contributed by atoms with Gasteiger partial charge in [-0.2, -0.15) is 0 Å². The summed E-state index contributed by atoms with van der Waals surface area (Å²) < 4.78 is 0. The summed E-state index contributed by atoms with van der Waals surface area (Å²) in [6.07, 6.45) is 9.17. The van der Waals surface area contributed by atoms with Gasteiger partial charge in [0.2, 0.25) is 0 Å². The Kier molecular flexibility index (Phi) is 3.75. The van der Waals surface area contributed by atoms with E-state index < -0.39 is 0 Å². The van der Waals surface area contributed by atoms with Crippen LogP contribution in [0.2, 0.25) is 0 Å². The lowest BCUT2D eigenvalue weighted by Gasteiger charge is -2.48. The van der Waals surface area contributed by atoms with Gasteiger partial charge in [-0.05, 0) is 48.3 Å². The highest BCUT2D eigenvalue weighted by molar-refractivity contribution is 7.99. The zero-order valence-electron chi connectivity index (χ0n) is 14.7. The number of fused-ring (bicyclic) bond motifs is 4. The van der Waals surface area contributed by atoms with Gasteiger partial charge in [0.1, 0.15) is 5.03 Å². The van der Waals surface area contributed by atoms with Crippen LogP contribution in [-0.4, -0.2) is 28.0 Å². The predicted octanol–water partition coefficient (Wildman–Crippen LogP) is 4.70. The first-order valence-corrected chi connectivity index (χ1v) is 10.1. The lowest BCUT2D eigenvalue weighted by Crippen LogP contribution is -2.47. The minimum Gasteiger partial charge on any atom is -0.337 e. The number of aromatic nitrogens is 2. The van der Waals surface area contributed by atoms with E-state index in [1.807, 2.05) is 0 Å². The van der Waals surface area contributed by atoms with Crippen LogP contribution in [0.3, 0.4) is 0 Å². The molecule has 1 N–H and O–H groups in total. The van der Waals surface area contributed by atoms with E-state index in [4.69, 9.17) is 0 Å². The lowest BCUT2D eigenvalue weighted by molar-refractivity contribution is 0.0169. The molecule has 5 heteroatoms. The number of hydrogen-bond donors (Lipinski definition) is 1. The molecule has 5 rings (SSSR count). The maximum atomic E-state index is 4.41. The van der Waals surface area contributed by atoms with Crippen LogP contribution < -0.4 is 5.32 Å². The summed E-state index contributed by atoms with van der Waals surface area (Å²) in [6, 6.07) is 6.81. The quantitative estimate of drug-likeness (QED) is 0.724. The lowest BCUT2D eigenvalue weighted by atomic mass is 9.68. The molecule has 130 valence electrons. The maximum Gasteiger partial charge on any atom is 0.163 e. The van der Waals surface area contributed by atoms with Crippen LogP contribution in [-0.2, 0) is 6.54 Å². The van der Waals surface area contributed by atoms with Crippen LogP contribution in [0.4, 0.5) is 11.5 Å². The zero-order valence-corrected chi connectivity index (χ0v) is 15.5. The SMILES string of the molecule is CC12CCCC(CN(Cc3ccc4c(c3)Nc3nccnc3S4)C1)C2. The van der Waals surface area contributed by atoms with Crippen molar-refractivity contribution >= 4 is 23.3 Å². The van der Waals surface area contributed by atoms with Gasteiger partial charge in [-0.25, -0.2) is 9.97 Å². The van der Waals surface area contributed by atoms with Gasteiger partial charge in [-0.15, -0.1) is 0 Å². The number of nitrogens with zero attached hydrogens (tertiary/aromatic N) is 3. The van der Waals surface area contributed by atoms with Crippen molar-refractivity contribution in [3.05, 3.63) is 36.2 Å². The first-order valence-electron chi connectivity index (χ1n) is 9.28. The number of piperidine rings is 1. The third-order valence-electron chi connectivity index (χ3n) is 5.87. The second-order valence-electron chi connectivity index (χ2n) is 8.21. The number of benzene rings is 1. The van der Waals surface area contributed by atoms with Crippen LogP contribution in [0.25, 0.3) is 0 Å². The molecule has 1 saturated carbocycles. The van der Waals surface area contributed by atoms with Crippen molar-refractivity contribution in [1.29, 1.82) is 0 Å². The third-order valence-corrected chi connectivity index (χ3v) is 6.94. The Morgan fingerprint density at radius 2 is 2.24 bits per heavy atom. The van der Waals surface area contributed by atoms with Crippen LogP contribution in [0.1, 0.15) is 38.2 Å². The van der Waals surface area contributed by atoms with E-state index in [1.165, 1.54) is 54.9 Å². The monoisotopic (exact) mass is 352 g/mol. The molecule has 3 heterocycles. The normalized spacial score (nSPS) is 28.0. The average molecular weight is 353 g/mol. The Morgan fingerprint density at radius 3 is 3.16 bits per heavy atom. The van der Waals surface area contributed by atoms with Crippen molar-refractivity contribution in [2.75, 3.05) is 18.4 Å². The molecule has 2 unspecified atom stereocenters. The van der Waals surface area contributed by atoms with Crippen molar-refractivity contribution < 1.29 is 0 Å². The Bertz CT molecular complexity index is 808. The van der Waals surface area contributed by atoms with E-state index in [9.17, 15) is 0 Å². The molecule has 0 radical (unpaired) electrons. The summed E-state index contributed by atoms with van der Waals surface area (Å²) in [5.41, 5.74) is 3.10. The van der Waals surface area contributed by atoms with Gasteiger partial charge >= 0.3 is 0 Å². The fourth-order valence-corrected chi connectivity index (χ4v) is 5.82. The molecule has 2 bridgehead atoms. The van der Waals surface area contributed by atoms with Crippen LogP contribution in [0, 0.1) is 11.3 Å². The van der Waals surface area contributed by atoms with Crippen LogP contribution in [0.15, 0.2) is 40.5 Å². The van der Waals surface area contributed by atoms with E-state index in [2.05, 4.69) is 45.3 Å². The van der Waals surface area contributed by atoms with Crippen molar-refractivity contribution in [3.8, 4) is 0 Å². The number of likely N-dealkylation sites (tertiary alicyclic amines) is 1. The van der Waals surface area contributed by atoms with Gasteiger partial charge in [-0.1, -0.05) is 31.2 Å². The highest BCUT2D eigenvalue weighted by Gasteiger charge is 2.38. The predicted molar refractivity (Wildman–Crippen MR) is 101 cm³/mol. The molecule has 4 nitrogen and oxygen atoms in total. The summed E-state index contributed by atoms with van der Waals surface area (Å²) in [5, 5.41) is 4.41. The van der Waals surface area contributed by atoms with E-state index >= 15 is 0 Å². The van der Waals surface area contributed by atoms with Crippen molar-refractivity contribution in [3.63, 3.8) is 0 Å². The first-order chi connectivity index (χ1) is 12.2. The molecule has 2 aliphatic heterocycles. The third kappa shape index (κ3) is 3.04. The average Bonchev–Trinajstić information content (AvgIpc) is 2.59. The fraction of sp³-hybridized carbons (Fsp3) is 0.500.